The average molecular weight is 396 g/mol. The van der Waals surface area contributed by atoms with Crippen molar-refractivity contribution in [3.63, 3.8) is 0 Å². The Kier molecular flexibility index (Phi) is 4.86. The minimum absolute atomic E-state index is 0.0493. The monoisotopic (exact) mass is 395 g/mol. The van der Waals surface area contributed by atoms with Crippen LogP contribution in [0, 0.1) is 18.3 Å². The van der Waals surface area contributed by atoms with E-state index in [4.69, 9.17) is 11.6 Å². The van der Waals surface area contributed by atoms with E-state index in [1.54, 1.807) is 16.7 Å². The number of halogens is 1. The number of nitriles is 1. The molecule has 2 aromatic carbocycles. The van der Waals surface area contributed by atoms with Crippen LogP contribution in [0.5, 0.6) is 0 Å². The highest BCUT2D eigenvalue weighted by Crippen LogP contribution is 2.43. The Morgan fingerprint density at radius 2 is 2.00 bits per heavy atom. The maximum Gasteiger partial charge on any atom is 0.229 e. The first-order valence-corrected chi connectivity index (χ1v) is 10.1. The molecule has 1 saturated heterocycles. The molecule has 0 N–H and O–H groups in total. The standard InChI is InChI=1S/C21H18ClN3OS/c1-14-7-8-16(9-19(14)22)24-12-25-20(26)10-17(15-5-3-2-4-6-15)18(11-23)21(25)27-13-24/h2-9,17H,10,12-13H2,1H3/t17-/m0/s1. The van der Waals surface area contributed by atoms with Gasteiger partial charge in [-0.15, -0.1) is 0 Å². The van der Waals surface area contributed by atoms with Crippen LogP contribution < -0.4 is 4.90 Å². The van der Waals surface area contributed by atoms with E-state index in [-0.39, 0.29) is 11.8 Å². The molecule has 0 saturated carbocycles. The van der Waals surface area contributed by atoms with Crippen molar-refractivity contribution in [3.05, 3.63) is 75.3 Å². The first-order valence-electron chi connectivity index (χ1n) is 8.72. The summed E-state index contributed by atoms with van der Waals surface area (Å²) in [4.78, 5) is 16.7. The second-order valence-corrected chi connectivity index (χ2v) is 8.05. The predicted molar refractivity (Wildman–Crippen MR) is 109 cm³/mol. The summed E-state index contributed by atoms with van der Waals surface area (Å²) in [6.07, 6.45) is 0.319. The highest BCUT2D eigenvalue weighted by molar-refractivity contribution is 8.03. The van der Waals surface area contributed by atoms with Gasteiger partial charge in [-0.2, -0.15) is 5.26 Å². The Balaban J connectivity index is 1.66. The Morgan fingerprint density at radius 1 is 1.22 bits per heavy atom. The topological polar surface area (TPSA) is 47.3 Å². The van der Waals surface area contributed by atoms with Crippen LogP contribution in [0.4, 0.5) is 5.69 Å². The van der Waals surface area contributed by atoms with Gasteiger partial charge in [0.25, 0.3) is 0 Å². The van der Waals surface area contributed by atoms with Crippen molar-refractivity contribution in [2.75, 3.05) is 17.4 Å². The van der Waals surface area contributed by atoms with Crippen LogP contribution in [0.15, 0.2) is 59.1 Å². The highest BCUT2D eigenvalue weighted by atomic mass is 35.5. The molecule has 2 aromatic rings. The van der Waals surface area contributed by atoms with Gasteiger partial charge in [0.05, 0.1) is 29.2 Å². The number of rotatable bonds is 2. The second kappa shape index (κ2) is 7.30. The van der Waals surface area contributed by atoms with E-state index in [1.165, 1.54) is 0 Å². The zero-order valence-corrected chi connectivity index (χ0v) is 16.4. The van der Waals surface area contributed by atoms with Crippen LogP contribution in [0.3, 0.4) is 0 Å². The third-order valence-electron chi connectivity index (χ3n) is 5.02. The number of carbonyl (C=O) groups excluding carboxylic acids is 1. The van der Waals surface area contributed by atoms with Crippen molar-refractivity contribution in [3.8, 4) is 6.07 Å². The molecular formula is C21H18ClN3OS. The third-order valence-corrected chi connectivity index (χ3v) is 6.58. The fraction of sp³-hybridized carbons (Fsp3) is 0.238. The molecular weight excluding hydrogens is 378 g/mol. The minimum Gasteiger partial charge on any atom is -0.344 e. The molecule has 1 amide bonds. The van der Waals surface area contributed by atoms with Gasteiger partial charge in [-0.3, -0.25) is 9.69 Å². The normalized spacial score (nSPS) is 19.7. The molecule has 136 valence electrons. The minimum atomic E-state index is -0.164. The van der Waals surface area contributed by atoms with Gasteiger partial charge in [0.15, 0.2) is 0 Å². The number of hydrogen-bond acceptors (Lipinski definition) is 4. The zero-order chi connectivity index (χ0) is 19.0. The lowest BCUT2D eigenvalue weighted by molar-refractivity contribution is -0.129. The van der Waals surface area contributed by atoms with Crippen LogP contribution in [-0.4, -0.2) is 23.4 Å². The first-order chi connectivity index (χ1) is 13.1. The van der Waals surface area contributed by atoms with Gasteiger partial charge in [-0.1, -0.05) is 59.8 Å². The van der Waals surface area contributed by atoms with E-state index in [9.17, 15) is 10.1 Å². The highest BCUT2D eigenvalue weighted by Gasteiger charge is 2.38. The molecule has 4 rings (SSSR count). The van der Waals surface area contributed by atoms with Crippen LogP contribution in [0.2, 0.25) is 5.02 Å². The molecule has 0 spiro atoms. The van der Waals surface area contributed by atoms with Crippen molar-refractivity contribution in [1.29, 1.82) is 5.26 Å². The second-order valence-electron chi connectivity index (χ2n) is 6.71. The number of nitrogens with zero attached hydrogens (tertiary/aromatic N) is 3. The molecule has 2 aliphatic heterocycles. The number of anilines is 1. The molecule has 27 heavy (non-hydrogen) atoms. The first kappa shape index (κ1) is 18.0. The smallest absolute Gasteiger partial charge is 0.229 e. The van der Waals surface area contributed by atoms with Crippen molar-refractivity contribution >= 4 is 35.0 Å². The molecule has 2 heterocycles. The SMILES string of the molecule is Cc1ccc(N2CSC3=C(C#N)[C@H](c4ccccc4)CC(=O)N3C2)cc1Cl. The number of fused-ring (bicyclic) bond motifs is 1. The summed E-state index contributed by atoms with van der Waals surface area (Å²) < 4.78 is 0. The molecule has 2 aliphatic rings. The van der Waals surface area contributed by atoms with Crippen LogP contribution >= 0.6 is 23.4 Å². The van der Waals surface area contributed by atoms with Gasteiger partial charge >= 0.3 is 0 Å². The van der Waals surface area contributed by atoms with Crippen molar-refractivity contribution in [2.24, 2.45) is 0 Å². The number of amides is 1. The predicted octanol–water partition coefficient (Wildman–Crippen LogP) is 4.87. The molecule has 0 aromatic heterocycles. The van der Waals surface area contributed by atoms with Gasteiger partial charge < -0.3 is 4.90 Å². The number of benzene rings is 2. The number of thioether (sulfide) groups is 1. The summed E-state index contributed by atoms with van der Waals surface area (Å²) in [5, 5.41) is 11.3. The number of allylic oxidation sites excluding steroid dienone is 1. The van der Waals surface area contributed by atoms with E-state index in [1.807, 2.05) is 55.5 Å². The Bertz CT molecular complexity index is 967. The summed E-state index contributed by atoms with van der Waals surface area (Å²) in [7, 11) is 0. The fourth-order valence-corrected chi connectivity index (χ4v) is 4.82. The molecule has 1 fully saturated rings. The Hall–Kier alpha value is -2.42. The van der Waals surface area contributed by atoms with Crippen LogP contribution in [0.25, 0.3) is 0 Å². The summed E-state index contributed by atoms with van der Waals surface area (Å²) in [6.45, 7) is 2.40. The number of carbonyl (C=O) groups is 1. The lowest BCUT2D eigenvalue weighted by atomic mass is 9.86. The Morgan fingerprint density at radius 3 is 2.70 bits per heavy atom. The van der Waals surface area contributed by atoms with Crippen molar-refractivity contribution in [1.82, 2.24) is 4.90 Å². The van der Waals surface area contributed by atoms with Crippen molar-refractivity contribution in [2.45, 2.75) is 19.3 Å². The number of aryl methyl sites for hydroxylation is 1. The summed E-state index contributed by atoms with van der Waals surface area (Å²) >= 11 is 7.81. The summed E-state index contributed by atoms with van der Waals surface area (Å²) in [5.41, 5.74) is 3.71. The molecule has 0 aliphatic carbocycles. The van der Waals surface area contributed by atoms with Crippen LogP contribution in [0.1, 0.15) is 23.5 Å². The maximum absolute atomic E-state index is 12.9. The third kappa shape index (κ3) is 3.31. The van der Waals surface area contributed by atoms with E-state index in [0.717, 1.165) is 21.8 Å². The molecule has 1 atom stereocenters. The molecule has 0 bridgehead atoms. The van der Waals surface area contributed by atoms with Gasteiger partial charge in [-0.05, 0) is 30.2 Å². The number of hydrogen-bond donors (Lipinski definition) is 0. The van der Waals surface area contributed by atoms with Gasteiger partial charge in [0.1, 0.15) is 0 Å². The largest absolute Gasteiger partial charge is 0.344 e. The van der Waals surface area contributed by atoms with Crippen molar-refractivity contribution < 1.29 is 4.79 Å². The van der Waals surface area contributed by atoms with E-state index in [2.05, 4.69) is 11.0 Å². The molecule has 0 unspecified atom stereocenters. The lowest BCUT2D eigenvalue weighted by Gasteiger charge is -2.42. The summed E-state index contributed by atoms with van der Waals surface area (Å²) in [5.74, 6) is 0.557. The summed E-state index contributed by atoms with van der Waals surface area (Å²) in [6, 6.07) is 18.1. The quantitative estimate of drug-likeness (QED) is 0.727. The van der Waals surface area contributed by atoms with E-state index in [0.29, 0.717) is 29.6 Å². The lowest BCUT2D eigenvalue weighted by Crippen LogP contribution is -2.47. The maximum atomic E-state index is 12.9. The van der Waals surface area contributed by atoms with Crippen LogP contribution in [-0.2, 0) is 4.79 Å². The van der Waals surface area contributed by atoms with Gasteiger partial charge in [0, 0.05) is 23.0 Å². The zero-order valence-electron chi connectivity index (χ0n) is 14.9. The van der Waals surface area contributed by atoms with E-state index >= 15 is 0 Å². The molecule has 4 nitrogen and oxygen atoms in total. The fourth-order valence-electron chi connectivity index (χ4n) is 3.47. The Labute approximate surface area is 168 Å². The molecule has 6 heteroatoms. The average Bonchev–Trinajstić information content (AvgIpc) is 2.70. The van der Waals surface area contributed by atoms with E-state index < -0.39 is 0 Å². The van der Waals surface area contributed by atoms with Gasteiger partial charge in [0.2, 0.25) is 5.91 Å². The molecule has 0 radical (unpaired) electrons. The van der Waals surface area contributed by atoms with Gasteiger partial charge in [-0.25, -0.2) is 0 Å².